The van der Waals surface area contributed by atoms with E-state index < -0.39 is 0 Å². The van der Waals surface area contributed by atoms with Crippen molar-refractivity contribution in [2.24, 2.45) is 0 Å². The SMILES string of the molecule is c1ccc(-c2cccc(-c3cccc(-c4nc(-c5cccc6ccccc56)nc5oc6c7ccccc7c7ccccc7c6c45)c3)c2)cc1. The quantitative estimate of drug-likeness (QED) is 0.183. The van der Waals surface area contributed by atoms with Gasteiger partial charge in [-0.25, -0.2) is 4.98 Å². The monoisotopic (exact) mass is 624 g/mol. The maximum Gasteiger partial charge on any atom is 0.231 e. The number of rotatable bonds is 4. The average molecular weight is 625 g/mol. The van der Waals surface area contributed by atoms with Crippen LogP contribution in [0.1, 0.15) is 0 Å². The van der Waals surface area contributed by atoms with Gasteiger partial charge in [0.2, 0.25) is 5.71 Å². The molecule has 0 bridgehead atoms. The highest BCUT2D eigenvalue weighted by Gasteiger charge is 2.23. The molecule has 0 aliphatic carbocycles. The van der Waals surface area contributed by atoms with E-state index in [-0.39, 0.29) is 0 Å². The van der Waals surface area contributed by atoms with Gasteiger partial charge >= 0.3 is 0 Å². The lowest BCUT2D eigenvalue weighted by Gasteiger charge is -2.11. The van der Waals surface area contributed by atoms with Gasteiger partial charge in [-0.3, -0.25) is 0 Å². The van der Waals surface area contributed by atoms with Crippen molar-refractivity contribution in [1.82, 2.24) is 9.97 Å². The molecule has 0 N–H and O–H groups in total. The Kier molecular flexibility index (Phi) is 6.18. The van der Waals surface area contributed by atoms with Crippen molar-refractivity contribution in [3.05, 3.63) is 170 Å². The van der Waals surface area contributed by atoms with E-state index in [1.54, 1.807) is 0 Å². The van der Waals surface area contributed by atoms with Gasteiger partial charge in [0.25, 0.3) is 0 Å². The summed E-state index contributed by atoms with van der Waals surface area (Å²) in [6.45, 7) is 0. The first kappa shape index (κ1) is 27.5. The summed E-state index contributed by atoms with van der Waals surface area (Å²) >= 11 is 0. The van der Waals surface area contributed by atoms with E-state index in [0.717, 1.165) is 71.2 Å². The summed E-state index contributed by atoms with van der Waals surface area (Å²) < 4.78 is 6.84. The molecule has 2 aromatic heterocycles. The van der Waals surface area contributed by atoms with Crippen molar-refractivity contribution in [2.75, 3.05) is 0 Å². The minimum Gasteiger partial charge on any atom is -0.437 e. The minimum absolute atomic E-state index is 0.584. The first-order valence-electron chi connectivity index (χ1n) is 16.6. The molecule has 8 aromatic carbocycles. The highest BCUT2D eigenvalue weighted by atomic mass is 16.3. The molecule has 0 atom stereocenters. The maximum absolute atomic E-state index is 6.84. The van der Waals surface area contributed by atoms with E-state index in [4.69, 9.17) is 14.4 Å². The fraction of sp³-hybridized carbons (Fsp3) is 0. The van der Waals surface area contributed by atoms with Gasteiger partial charge in [-0.15, -0.1) is 0 Å². The van der Waals surface area contributed by atoms with Crippen LogP contribution in [0.25, 0.3) is 99.3 Å². The summed E-state index contributed by atoms with van der Waals surface area (Å²) in [5, 5.41) is 8.76. The molecule has 0 amide bonds. The summed E-state index contributed by atoms with van der Waals surface area (Å²) in [5.41, 5.74) is 8.91. The second kappa shape index (κ2) is 11.0. The molecule has 228 valence electrons. The van der Waals surface area contributed by atoms with Crippen LogP contribution in [-0.2, 0) is 0 Å². The Bertz CT molecular complexity index is 2880. The lowest BCUT2D eigenvalue weighted by atomic mass is 9.94. The van der Waals surface area contributed by atoms with E-state index in [1.807, 2.05) is 0 Å². The standard InChI is InChI=1S/C46H28N2O/c1-2-13-29(14-3-1)31-17-10-18-32(27-31)33-19-11-20-34(28-33)43-42-41-38-24-8-6-22-36(38)37-23-7-9-25-39(37)44(41)49-46(42)48-45(47-43)40-26-12-16-30-15-4-5-21-35(30)40/h1-28H. The van der Waals surface area contributed by atoms with Gasteiger partial charge in [-0.2, -0.15) is 4.98 Å². The Morgan fingerprint density at radius 3 is 1.67 bits per heavy atom. The van der Waals surface area contributed by atoms with Crippen molar-refractivity contribution < 1.29 is 4.42 Å². The zero-order valence-corrected chi connectivity index (χ0v) is 26.5. The van der Waals surface area contributed by atoms with Crippen LogP contribution in [0.2, 0.25) is 0 Å². The second-order valence-corrected chi connectivity index (χ2v) is 12.5. The third kappa shape index (κ3) is 4.44. The summed E-state index contributed by atoms with van der Waals surface area (Å²) in [4.78, 5) is 10.6. The van der Waals surface area contributed by atoms with Crippen LogP contribution in [0.5, 0.6) is 0 Å². The molecule has 0 unspecified atom stereocenters. The number of furan rings is 1. The van der Waals surface area contributed by atoms with Gasteiger partial charge in [0.15, 0.2) is 5.82 Å². The van der Waals surface area contributed by atoms with Crippen molar-refractivity contribution in [3.8, 4) is 44.9 Å². The molecule has 0 aliphatic heterocycles. The number of hydrogen-bond donors (Lipinski definition) is 0. The van der Waals surface area contributed by atoms with Crippen molar-refractivity contribution >= 4 is 54.4 Å². The van der Waals surface area contributed by atoms with Crippen LogP contribution in [0.15, 0.2) is 174 Å². The van der Waals surface area contributed by atoms with Gasteiger partial charge in [0, 0.05) is 21.9 Å². The fourth-order valence-electron chi connectivity index (χ4n) is 7.40. The Labute approximate surface area is 282 Å². The number of hydrogen-bond acceptors (Lipinski definition) is 3. The van der Waals surface area contributed by atoms with E-state index in [9.17, 15) is 0 Å². The van der Waals surface area contributed by atoms with E-state index in [1.165, 1.54) is 16.5 Å². The van der Waals surface area contributed by atoms with Crippen molar-refractivity contribution in [1.29, 1.82) is 0 Å². The highest BCUT2D eigenvalue weighted by Crippen LogP contribution is 2.44. The van der Waals surface area contributed by atoms with Crippen LogP contribution in [0.3, 0.4) is 0 Å². The van der Waals surface area contributed by atoms with E-state index in [2.05, 4.69) is 170 Å². The predicted octanol–water partition coefficient (Wildman–Crippen LogP) is 12.5. The molecule has 49 heavy (non-hydrogen) atoms. The lowest BCUT2D eigenvalue weighted by molar-refractivity contribution is 0.657. The molecule has 10 aromatic rings. The van der Waals surface area contributed by atoms with Crippen LogP contribution in [-0.4, -0.2) is 9.97 Å². The molecular formula is C46H28N2O. The van der Waals surface area contributed by atoms with Crippen LogP contribution >= 0.6 is 0 Å². The van der Waals surface area contributed by atoms with Gasteiger partial charge in [-0.05, 0) is 61.3 Å². The topological polar surface area (TPSA) is 38.9 Å². The molecular weight excluding hydrogens is 597 g/mol. The zero-order chi connectivity index (χ0) is 32.3. The van der Waals surface area contributed by atoms with Gasteiger partial charge < -0.3 is 4.42 Å². The number of benzene rings is 8. The first-order chi connectivity index (χ1) is 24.3. The fourth-order valence-corrected chi connectivity index (χ4v) is 7.40. The van der Waals surface area contributed by atoms with Crippen molar-refractivity contribution in [2.45, 2.75) is 0 Å². The van der Waals surface area contributed by atoms with E-state index in [0.29, 0.717) is 11.5 Å². The van der Waals surface area contributed by atoms with E-state index >= 15 is 0 Å². The molecule has 0 fully saturated rings. The lowest BCUT2D eigenvalue weighted by Crippen LogP contribution is -1.95. The highest BCUT2D eigenvalue weighted by molar-refractivity contribution is 6.31. The third-order valence-corrected chi connectivity index (χ3v) is 9.68. The Balaban J connectivity index is 1.28. The summed E-state index contributed by atoms with van der Waals surface area (Å²) in [6, 6.07) is 59.7. The molecule has 0 saturated carbocycles. The molecule has 10 rings (SSSR count). The summed E-state index contributed by atoms with van der Waals surface area (Å²) in [5.74, 6) is 0.642. The van der Waals surface area contributed by atoms with Crippen LogP contribution in [0.4, 0.5) is 0 Å². The average Bonchev–Trinajstić information content (AvgIpc) is 3.58. The molecule has 3 heteroatoms. The Morgan fingerprint density at radius 2 is 0.898 bits per heavy atom. The number of fused-ring (bicyclic) bond motifs is 9. The third-order valence-electron chi connectivity index (χ3n) is 9.68. The van der Waals surface area contributed by atoms with Gasteiger partial charge in [-0.1, -0.05) is 158 Å². The maximum atomic E-state index is 6.84. The summed E-state index contributed by atoms with van der Waals surface area (Å²) in [6.07, 6.45) is 0. The predicted molar refractivity (Wildman–Crippen MR) is 204 cm³/mol. The minimum atomic E-state index is 0.584. The molecule has 0 saturated heterocycles. The molecule has 2 heterocycles. The smallest absolute Gasteiger partial charge is 0.231 e. The number of aromatic nitrogens is 2. The van der Waals surface area contributed by atoms with Gasteiger partial charge in [0.05, 0.1) is 11.1 Å². The molecule has 0 aliphatic rings. The van der Waals surface area contributed by atoms with Crippen LogP contribution in [0, 0.1) is 0 Å². The zero-order valence-electron chi connectivity index (χ0n) is 26.5. The second-order valence-electron chi connectivity index (χ2n) is 12.5. The normalized spacial score (nSPS) is 11.7. The van der Waals surface area contributed by atoms with Gasteiger partial charge in [0.1, 0.15) is 5.58 Å². The largest absolute Gasteiger partial charge is 0.437 e. The number of nitrogens with zero attached hydrogens (tertiary/aromatic N) is 2. The Morgan fingerprint density at radius 1 is 0.367 bits per heavy atom. The Hall–Kier alpha value is -6.58. The first-order valence-corrected chi connectivity index (χ1v) is 16.6. The molecule has 0 spiro atoms. The van der Waals surface area contributed by atoms with Crippen LogP contribution < -0.4 is 0 Å². The van der Waals surface area contributed by atoms with Crippen molar-refractivity contribution in [3.63, 3.8) is 0 Å². The molecule has 3 nitrogen and oxygen atoms in total. The molecule has 0 radical (unpaired) electrons. The summed E-state index contributed by atoms with van der Waals surface area (Å²) in [7, 11) is 0.